The maximum Gasteiger partial charge on any atom is 0.416 e. The number of rotatable bonds is 7. The molecule has 0 bridgehead atoms. The summed E-state index contributed by atoms with van der Waals surface area (Å²) in [6.07, 6.45) is -4.56. The zero-order valence-electron chi connectivity index (χ0n) is 25.6. The molecule has 1 aromatic heterocycles. The molecular weight excluding hydrogens is 581 g/mol. The third-order valence-corrected chi connectivity index (χ3v) is 8.48. The molecule has 11 heteroatoms. The van der Waals surface area contributed by atoms with Crippen molar-refractivity contribution in [2.24, 2.45) is 7.05 Å². The largest absolute Gasteiger partial charge is 0.496 e. The molecule has 1 amide bonds. The number of nitrogens with zero attached hydrogens (tertiary/aromatic N) is 4. The number of halogens is 3. The van der Waals surface area contributed by atoms with Gasteiger partial charge in [-0.2, -0.15) is 18.3 Å². The van der Waals surface area contributed by atoms with Crippen molar-refractivity contribution in [3.63, 3.8) is 0 Å². The molecule has 0 atom stereocenters. The van der Waals surface area contributed by atoms with Crippen LogP contribution in [0.4, 0.5) is 30.2 Å². The van der Waals surface area contributed by atoms with Crippen molar-refractivity contribution in [1.82, 2.24) is 19.6 Å². The molecule has 0 aliphatic carbocycles. The number of aromatic nitrogens is 2. The van der Waals surface area contributed by atoms with Gasteiger partial charge in [-0.05, 0) is 84.9 Å². The number of anilines is 3. The summed E-state index contributed by atoms with van der Waals surface area (Å²) in [5, 5.41) is 13.2. The summed E-state index contributed by atoms with van der Waals surface area (Å²) in [6, 6.07) is 19.2. The lowest BCUT2D eigenvalue weighted by Gasteiger charge is -2.33. The summed E-state index contributed by atoms with van der Waals surface area (Å²) in [5.74, 6) is -0.245. The number of hydrogen-bond donors (Lipinski definition) is 2. The number of alkyl halides is 3. The van der Waals surface area contributed by atoms with E-state index in [2.05, 4.69) is 20.6 Å². The summed E-state index contributed by atoms with van der Waals surface area (Å²) < 4.78 is 49.7. The molecule has 1 saturated heterocycles. The summed E-state index contributed by atoms with van der Waals surface area (Å²) in [7, 11) is 5.37. The Morgan fingerprint density at radius 2 is 1.60 bits per heavy atom. The molecule has 6 rings (SSSR count). The van der Waals surface area contributed by atoms with Gasteiger partial charge in [0.15, 0.2) is 0 Å². The normalized spacial score (nSPS) is 14.6. The van der Waals surface area contributed by atoms with Gasteiger partial charge in [-0.1, -0.05) is 12.1 Å². The lowest BCUT2D eigenvalue weighted by atomic mass is 10.0. The molecule has 1 aliphatic rings. The van der Waals surface area contributed by atoms with E-state index in [1.807, 2.05) is 67.0 Å². The van der Waals surface area contributed by atoms with Gasteiger partial charge >= 0.3 is 6.18 Å². The average molecular weight is 617 g/mol. The maximum absolute atomic E-state index is 14.1. The van der Waals surface area contributed by atoms with Crippen LogP contribution in [-0.4, -0.2) is 65.8 Å². The molecule has 8 nitrogen and oxygen atoms in total. The van der Waals surface area contributed by atoms with Crippen LogP contribution < -0.4 is 15.4 Å². The Morgan fingerprint density at radius 3 is 2.33 bits per heavy atom. The van der Waals surface area contributed by atoms with Gasteiger partial charge < -0.3 is 20.3 Å². The minimum atomic E-state index is -4.56. The van der Waals surface area contributed by atoms with Crippen molar-refractivity contribution < 1.29 is 22.7 Å². The number of methoxy groups -OCH3 is 1. The first kappa shape index (κ1) is 30.4. The standard InChI is InChI=1S/C34H35F3N6O2/c1-21-28-18-26(9-10-31(28)40-42(21)3)38-25-7-5-22-17-32(45-4)29(16-24(22)15-25)33(44)39-27-8-6-23(30(19-27)34(35,36)37)20-43-13-11-41(2)12-14-43/h5-10,15-19,38H,11-14,20H2,1-4H3,(H,39,44). The first-order valence-corrected chi connectivity index (χ1v) is 14.7. The number of aryl methyl sites for hydroxylation is 2. The molecule has 0 saturated carbocycles. The number of nitrogens with one attached hydrogen (secondary N) is 2. The van der Waals surface area contributed by atoms with Crippen LogP contribution in [0.2, 0.25) is 0 Å². The maximum atomic E-state index is 14.1. The van der Waals surface area contributed by atoms with Crippen LogP contribution in [0.25, 0.3) is 21.7 Å². The highest BCUT2D eigenvalue weighted by Gasteiger charge is 2.34. The molecule has 5 aromatic rings. The number of carbonyl (C=O) groups excluding carboxylic acids is 1. The van der Waals surface area contributed by atoms with Gasteiger partial charge in [-0.25, -0.2) is 0 Å². The van der Waals surface area contributed by atoms with Crippen molar-refractivity contribution in [3.05, 3.63) is 89.1 Å². The van der Waals surface area contributed by atoms with Crippen LogP contribution in [0.1, 0.15) is 27.2 Å². The molecule has 2 N–H and O–H groups in total. The highest BCUT2D eigenvalue weighted by molar-refractivity contribution is 6.09. The van der Waals surface area contributed by atoms with Crippen molar-refractivity contribution in [2.75, 3.05) is 51.0 Å². The fourth-order valence-electron chi connectivity index (χ4n) is 5.77. The van der Waals surface area contributed by atoms with Gasteiger partial charge in [0, 0.05) is 67.9 Å². The third-order valence-electron chi connectivity index (χ3n) is 8.48. The average Bonchev–Trinajstić information content (AvgIpc) is 3.30. The minimum Gasteiger partial charge on any atom is -0.496 e. The third kappa shape index (κ3) is 6.45. The van der Waals surface area contributed by atoms with E-state index in [-0.39, 0.29) is 23.4 Å². The van der Waals surface area contributed by atoms with Crippen molar-refractivity contribution in [3.8, 4) is 5.75 Å². The van der Waals surface area contributed by atoms with Gasteiger partial charge in [0.1, 0.15) is 5.75 Å². The zero-order valence-corrected chi connectivity index (χ0v) is 25.6. The molecule has 1 aliphatic heterocycles. The van der Waals surface area contributed by atoms with Crippen LogP contribution in [0.3, 0.4) is 0 Å². The van der Waals surface area contributed by atoms with Gasteiger partial charge in [-0.15, -0.1) is 0 Å². The molecular formula is C34H35F3N6O2. The number of piperazine rings is 1. The molecule has 0 radical (unpaired) electrons. The van der Waals surface area contributed by atoms with Crippen LogP contribution >= 0.6 is 0 Å². The number of hydrogen-bond acceptors (Lipinski definition) is 6. The van der Waals surface area contributed by atoms with Crippen LogP contribution in [0.15, 0.2) is 66.7 Å². The van der Waals surface area contributed by atoms with Gasteiger partial charge in [0.25, 0.3) is 5.91 Å². The van der Waals surface area contributed by atoms with Crippen LogP contribution in [0, 0.1) is 6.92 Å². The Kier molecular flexibility index (Phi) is 8.15. The van der Waals surface area contributed by atoms with Crippen molar-refractivity contribution >= 4 is 44.6 Å². The summed E-state index contributed by atoms with van der Waals surface area (Å²) >= 11 is 0. The van der Waals surface area contributed by atoms with Crippen LogP contribution in [0.5, 0.6) is 5.75 Å². The quantitative estimate of drug-likeness (QED) is 0.210. The second kappa shape index (κ2) is 12.1. The minimum absolute atomic E-state index is 0.0631. The number of benzene rings is 4. The number of likely N-dealkylation sites (N-methyl/N-ethyl adjacent to an activating group) is 1. The monoisotopic (exact) mass is 616 g/mol. The predicted octanol–water partition coefficient (Wildman–Crippen LogP) is 6.81. The first-order valence-electron chi connectivity index (χ1n) is 14.7. The molecule has 1 fully saturated rings. The molecule has 4 aromatic carbocycles. The Bertz CT molecular complexity index is 1890. The summed E-state index contributed by atoms with van der Waals surface area (Å²) in [5.41, 5.74) is 3.38. The fourth-order valence-corrected chi connectivity index (χ4v) is 5.77. The molecule has 2 heterocycles. The number of ether oxygens (including phenoxy) is 1. The van der Waals surface area contributed by atoms with E-state index in [4.69, 9.17) is 4.74 Å². The topological polar surface area (TPSA) is 74.7 Å². The highest BCUT2D eigenvalue weighted by atomic mass is 19.4. The second-order valence-electron chi connectivity index (χ2n) is 11.6. The Hall–Kier alpha value is -4.61. The molecule has 0 unspecified atom stereocenters. The lowest BCUT2D eigenvalue weighted by Crippen LogP contribution is -2.44. The van der Waals surface area contributed by atoms with Gasteiger partial charge in [0.2, 0.25) is 0 Å². The number of amides is 1. The Labute approximate surface area is 259 Å². The van der Waals surface area contributed by atoms with E-state index >= 15 is 0 Å². The first-order chi connectivity index (χ1) is 21.5. The predicted molar refractivity (Wildman–Crippen MR) is 171 cm³/mol. The smallest absolute Gasteiger partial charge is 0.416 e. The molecule has 0 spiro atoms. The van der Waals surface area contributed by atoms with Crippen molar-refractivity contribution in [1.29, 1.82) is 0 Å². The van der Waals surface area contributed by atoms with E-state index in [0.29, 0.717) is 18.8 Å². The van der Waals surface area contributed by atoms with E-state index in [1.165, 1.54) is 19.2 Å². The summed E-state index contributed by atoms with van der Waals surface area (Å²) in [4.78, 5) is 17.6. The summed E-state index contributed by atoms with van der Waals surface area (Å²) in [6.45, 7) is 5.22. The van der Waals surface area contributed by atoms with E-state index in [9.17, 15) is 18.0 Å². The van der Waals surface area contributed by atoms with Crippen LogP contribution in [-0.2, 0) is 19.8 Å². The number of fused-ring (bicyclic) bond motifs is 2. The Morgan fingerprint density at radius 1 is 0.889 bits per heavy atom. The molecule has 45 heavy (non-hydrogen) atoms. The highest BCUT2D eigenvalue weighted by Crippen LogP contribution is 2.36. The van der Waals surface area contributed by atoms with E-state index in [1.54, 1.807) is 12.1 Å². The van der Waals surface area contributed by atoms with E-state index in [0.717, 1.165) is 57.9 Å². The van der Waals surface area contributed by atoms with E-state index < -0.39 is 17.6 Å². The molecule has 234 valence electrons. The SMILES string of the molecule is COc1cc2ccc(Nc3ccc4nn(C)c(C)c4c3)cc2cc1C(=O)Nc1ccc(CN2CCN(C)CC2)c(C(F)(F)F)c1. The second-order valence-corrected chi connectivity index (χ2v) is 11.6. The zero-order chi connectivity index (χ0) is 31.9. The number of carbonyl (C=O) groups is 1. The van der Waals surface area contributed by atoms with Gasteiger partial charge in [0.05, 0.1) is 23.8 Å². The van der Waals surface area contributed by atoms with Crippen molar-refractivity contribution in [2.45, 2.75) is 19.6 Å². The Balaban J connectivity index is 1.25. The lowest BCUT2D eigenvalue weighted by molar-refractivity contribution is -0.138. The van der Waals surface area contributed by atoms with Gasteiger partial charge in [-0.3, -0.25) is 14.4 Å². The fraction of sp³-hybridized carbons (Fsp3) is 0.294.